The van der Waals surface area contributed by atoms with Crippen molar-refractivity contribution in [3.63, 3.8) is 0 Å². The van der Waals surface area contributed by atoms with E-state index in [9.17, 15) is 13.2 Å². The Bertz CT molecular complexity index is 746. The summed E-state index contributed by atoms with van der Waals surface area (Å²) in [5.74, 6) is -0.271. The Morgan fingerprint density at radius 3 is 2.11 bits per heavy atom. The van der Waals surface area contributed by atoms with Gasteiger partial charge in [-0.05, 0) is 61.1 Å². The monoisotopic (exact) mass is 397 g/mol. The molecule has 2 rings (SSSR count). The van der Waals surface area contributed by atoms with Crippen molar-refractivity contribution in [2.45, 2.75) is 19.8 Å². The maximum atomic E-state index is 12.2. The highest BCUT2D eigenvalue weighted by molar-refractivity contribution is 7.80. The number of anilines is 2. The molecule has 0 amide bonds. The molecule has 8 heteroatoms. The number of thiocarbonyl (C=S) groups is 1. The summed E-state index contributed by atoms with van der Waals surface area (Å²) in [4.78, 5) is 4.00. The molecule has 0 heterocycles. The minimum absolute atomic E-state index is 0.271. The van der Waals surface area contributed by atoms with E-state index in [-0.39, 0.29) is 5.75 Å². The van der Waals surface area contributed by atoms with Crippen molar-refractivity contribution in [3.05, 3.63) is 54.1 Å². The van der Waals surface area contributed by atoms with E-state index < -0.39 is 6.36 Å². The number of rotatable bonds is 6. The van der Waals surface area contributed by atoms with Crippen LogP contribution in [-0.4, -0.2) is 37.0 Å². The van der Waals surface area contributed by atoms with Crippen molar-refractivity contribution in [1.29, 1.82) is 0 Å². The summed E-state index contributed by atoms with van der Waals surface area (Å²) in [5.41, 5.74) is 2.82. The zero-order valence-corrected chi connectivity index (χ0v) is 16.2. The quantitative estimate of drug-likeness (QED) is 0.702. The van der Waals surface area contributed by atoms with Gasteiger partial charge in [-0.15, -0.1) is 13.2 Å². The maximum absolute atomic E-state index is 12.2. The number of ether oxygens (including phenoxy) is 1. The van der Waals surface area contributed by atoms with Crippen LogP contribution in [0.5, 0.6) is 5.75 Å². The first kappa shape index (κ1) is 20.8. The Kier molecular flexibility index (Phi) is 6.90. The molecule has 0 aliphatic heterocycles. The van der Waals surface area contributed by atoms with Crippen LogP contribution < -0.4 is 15.0 Å². The number of benzene rings is 2. The van der Waals surface area contributed by atoms with E-state index >= 15 is 0 Å². The summed E-state index contributed by atoms with van der Waals surface area (Å²) >= 11 is 5.44. The number of nitrogens with zero attached hydrogens (tertiary/aromatic N) is 2. The molecule has 2 aromatic rings. The highest BCUT2D eigenvalue weighted by Gasteiger charge is 2.30. The normalized spacial score (nSPS) is 11.0. The Morgan fingerprint density at radius 1 is 1.04 bits per heavy atom. The molecule has 0 aromatic heterocycles. The number of hydrogen-bond acceptors (Lipinski definition) is 3. The van der Waals surface area contributed by atoms with E-state index in [0.29, 0.717) is 23.9 Å². The summed E-state index contributed by atoms with van der Waals surface area (Å²) in [6.07, 6.45) is -4.70. The first-order valence-electron chi connectivity index (χ1n) is 8.36. The lowest BCUT2D eigenvalue weighted by molar-refractivity contribution is -0.274. The third-order valence-electron chi connectivity index (χ3n) is 3.83. The molecule has 0 bridgehead atoms. The first-order valence-corrected chi connectivity index (χ1v) is 8.77. The largest absolute Gasteiger partial charge is 0.573 e. The van der Waals surface area contributed by atoms with E-state index in [1.54, 1.807) is 0 Å². The van der Waals surface area contributed by atoms with E-state index in [4.69, 9.17) is 12.2 Å². The van der Waals surface area contributed by atoms with Gasteiger partial charge in [0, 0.05) is 38.6 Å². The Balaban J connectivity index is 1.98. The Hall–Kier alpha value is -2.48. The second kappa shape index (κ2) is 8.94. The van der Waals surface area contributed by atoms with Gasteiger partial charge in [0.15, 0.2) is 5.11 Å². The molecule has 0 atom stereocenters. The summed E-state index contributed by atoms with van der Waals surface area (Å²) in [7, 11) is 3.97. The van der Waals surface area contributed by atoms with Gasteiger partial charge in [-0.1, -0.05) is 12.1 Å². The highest BCUT2D eigenvalue weighted by Crippen LogP contribution is 2.24. The fourth-order valence-electron chi connectivity index (χ4n) is 2.39. The van der Waals surface area contributed by atoms with Gasteiger partial charge < -0.3 is 19.9 Å². The molecule has 0 aliphatic rings. The Morgan fingerprint density at radius 2 is 1.63 bits per heavy atom. The van der Waals surface area contributed by atoms with Crippen molar-refractivity contribution in [3.8, 4) is 5.75 Å². The lowest BCUT2D eigenvalue weighted by Gasteiger charge is -2.25. The molecular formula is C19H22F3N3OS. The Labute approximate surface area is 162 Å². The second-order valence-corrected chi connectivity index (χ2v) is 6.46. The van der Waals surface area contributed by atoms with Gasteiger partial charge >= 0.3 is 6.36 Å². The van der Waals surface area contributed by atoms with Crippen LogP contribution in [-0.2, 0) is 6.54 Å². The number of halogens is 3. The van der Waals surface area contributed by atoms with Crippen molar-refractivity contribution in [2.24, 2.45) is 0 Å². The predicted octanol–water partition coefficient (Wildman–Crippen LogP) is 4.87. The molecule has 146 valence electrons. The van der Waals surface area contributed by atoms with E-state index in [2.05, 4.69) is 10.1 Å². The molecule has 2 aromatic carbocycles. The minimum atomic E-state index is -4.70. The van der Waals surface area contributed by atoms with Gasteiger partial charge in [-0.25, -0.2) is 0 Å². The molecule has 0 saturated heterocycles. The number of hydrogen-bond donors (Lipinski definition) is 1. The second-order valence-electron chi connectivity index (χ2n) is 6.08. The van der Waals surface area contributed by atoms with Crippen molar-refractivity contribution in [1.82, 2.24) is 4.90 Å². The van der Waals surface area contributed by atoms with Gasteiger partial charge in [0.2, 0.25) is 0 Å². The van der Waals surface area contributed by atoms with Gasteiger partial charge in [0.05, 0.1) is 0 Å². The standard InChI is InChI=1S/C19H22F3N3OS/c1-4-25(13-14-5-9-16(10-6-14)24(2)3)18(27)23-15-7-11-17(12-8-15)26-19(20,21)22/h5-12H,4,13H2,1-3H3,(H,23,27). The SMILES string of the molecule is CCN(Cc1ccc(N(C)C)cc1)C(=S)Nc1ccc(OC(F)(F)F)cc1. The molecule has 1 N–H and O–H groups in total. The average molecular weight is 397 g/mol. The van der Waals surface area contributed by atoms with Crippen LogP contribution in [0, 0.1) is 0 Å². The molecule has 4 nitrogen and oxygen atoms in total. The van der Waals surface area contributed by atoms with Crippen LogP contribution >= 0.6 is 12.2 Å². The number of nitrogens with one attached hydrogen (secondary N) is 1. The van der Waals surface area contributed by atoms with E-state index in [1.807, 2.05) is 55.1 Å². The van der Waals surface area contributed by atoms with Crippen molar-refractivity contribution in [2.75, 3.05) is 30.9 Å². The van der Waals surface area contributed by atoms with Gasteiger partial charge in [0.1, 0.15) is 5.75 Å². The van der Waals surface area contributed by atoms with Crippen molar-refractivity contribution < 1.29 is 17.9 Å². The molecule has 0 radical (unpaired) electrons. The van der Waals surface area contributed by atoms with Crippen LogP contribution in [0.2, 0.25) is 0 Å². The molecule has 0 unspecified atom stereocenters. The van der Waals surface area contributed by atoms with E-state index in [0.717, 1.165) is 11.3 Å². The van der Waals surface area contributed by atoms with Gasteiger partial charge in [0.25, 0.3) is 0 Å². The molecule has 0 spiro atoms. The van der Waals surface area contributed by atoms with Crippen LogP contribution in [0.4, 0.5) is 24.5 Å². The van der Waals surface area contributed by atoms with Gasteiger partial charge in [-0.3, -0.25) is 0 Å². The zero-order valence-electron chi connectivity index (χ0n) is 15.4. The molecule has 0 aliphatic carbocycles. The summed E-state index contributed by atoms with van der Waals surface area (Å²) in [5, 5.41) is 3.54. The fourth-order valence-corrected chi connectivity index (χ4v) is 2.70. The third kappa shape index (κ3) is 6.63. The molecule has 27 heavy (non-hydrogen) atoms. The van der Waals surface area contributed by atoms with Gasteiger partial charge in [-0.2, -0.15) is 0 Å². The smallest absolute Gasteiger partial charge is 0.406 e. The predicted molar refractivity (Wildman–Crippen MR) is 106 cm³/mol. The number of alkyl halides is 3. The van der Waals surface area contributed by atoms with Crippen LogP contribution in [0.15, 0.2) is 48.5 Å². The van der Waals surface area contributed by atoms with Crippen LogP contribution in [0.25, 0.3) is 0 Å². The minimum Gasteiger partial charge on any atom is -0.406 e. The summed E-state index contributed by atoms with van der Waals surface area (Å²) in [6, 6.07) is 13.6. The molecule has 0 fully saturated rings. The lowest BCUT2D eigenvalue weighted by atomic mass is 10.2. The van der Waals surface area contributed by atoms with Crippen LogP contribution in [0.1, 0.15) is 12.5 Å². The topological polar surface area (TPSA) is 27.7 Å². The van der Waals surface area contributed by atoms with E-state index in [1.165, 1.54) is 24.3 Å². The molecular weight excluding hydrogens is 375 g/mol. The third-order valence-corrected chi connectivity index (χ3v) is 4.19. The maximum Gasteiger partial charge on any atom is 0.573 e. The van der Waals surface area contributed by atoms with Crippen LogP contribution in [0.3, 0.4) is 0 Å². The van der Waals surface area contributed by atoms with Crippen molar-refractivity contribution >= 4 is 28.7 Å². The lowest BCUT2D eigenvalue weighted by Crippen LogP contribution is -2.34. The zero-order chi connectivity index (χ0) is 20.0. The summed E-state index contributed by atoms with van der Waals surface area (Å²) < 4.78 is 40.5. The summed E-state index contributed by atoms with van der Waals surface area (Å²) in [6.45, 7) is 3.31. The average Bonchev–Trinajstić information content (AvgIpc) is 2.60. The molecule has 0 saturated carbocycles. The fraction of sp³-hybridized carbons (Fsp3) is 0.316. The highest BCUT2D eigenvalue weighted by atomic mass is 32.1. The first-order chi connectivity index (χ1) is 12.7.